The van der Waals surface area contributed by atoms with Crippen LogP contribution >= 0.6 is 0 Å². The molecule has 1 fully saturated rings. The van der Waals surface area contributed by atoms with Gasteiger partial charge in [-0.2, -0.15) is 4.98 Å². The number of morpholine rings is 1. The van der Waals surface area contributed by atoms with Crippen LogP contribution in [-0.2, 0) is 11.8 Å². The molecule has 0 N–H and O–H groups in total. The first-order valence-electron chi connectivity index (χ1n) is 6.97. The first kappa shape index (κ1) is 13.2. The number of aryl methyl sites for hydroxylation is 1. The quantitative estimate of drug-likeness (QED) is 0.717. The zero-order valence-corrected chi connectivity index (χ0v) is 11.9. The minimum Gasteiger partial charge on any atom is -0.423 e. The van der Waals surface area contributed by atoms with Crippen molar-refractivity contribution in [2.45, 2.75) is 6.10 Å². The van der Waals surface area contributed by atoms with Crippen LogP contribution in [0.3, 0.4) is 0 Å². The van der Waals surface area contributed by atoms with Crippen molar-refractivity contribution in [1.29, 1.82) is 0 Å². The molecule has 1 unspecified atom stereocenters. The molecule has 1 aliphatic heterocycles. The summed E-state index contributed by atoms with van der Waals surface area (Å²) in [5, 5.41) is 7.96. The Hall–Kier alpha value is -2.48. The molecule has 4 rings (SSSR count). The number of hydrogen-bond donors (Lipinski definition) is 0. The monoisotopic (exact) mass is 303 g/mol. The number of benzene rings is 1. The summed E-state index contributed by atoms with van der Waals surface area (Å²) in [6.45, 7) is 1.75. The van der Waals surface area contributed by atoms with Crippen molar-refractivity contribution < 1.29 is 13.5 Å². The van der Waals surface area contributed by atoms with Gasteiger partial charge >= 0.3 is 0 Å². The highest BCUT2D eigenvalue weighted by atomic mass is 19.1. The van der Waals surface area contributed by atoms with Gasteiger partial charge in [-0.15, -0.1) is 10.2 Å². The Morgan fingerprint density at radius 2 is 2.27 bits per heavy atom. The Morgan fingerprint density at radius 3 is 3.09 bits per heavy atom. The third-order valence-electron chi connectivity index (χ3n) is 3.71. The molecular weight excluding hydrogens is 289 g/mol. The van der Waals surface area contributed by atoms with Crippen LogP contribution in [0, 0.1) is 5.82 Å². The molecule has 2 aromatic heterocycles. The molecule has 0 radical (unpaired) electrons. The highest BCUT2D eigenvalue weighted by Crippen LogP contribution is 2.27. The van der Waals surface area contributed by atoms with E-state index in [0.717, 1.165) is 5.82 Å². The number of halogens is 1. The second kappa shape index (κ2) is 5.06. The number of oxazole rings is 1. The lowest BCUT2D eigenvalue weighted by molar-refractivity contribution is 0.0305. The average molecular weight is 303 g/mol. The third-order valence-corrected chi connectivity index (χ3v) is 3.71. The van der Waals surface area contributed by atoms with E-state index in [0.29, 0.717) is 36.8 Å². The van der Waals surface area contributed by atoms with Crippen molar-refractivity contribution in [2.75, 3.05) is 24.6 Å². The second-order valence-electron chi connectivity index (χ2n) is 5.21. The van der Waals surface area contributed by atoms with E-state index in [4.69, 9.17) is 9.15 Å². The summed E-state index contributed by atoms with van der Waals surface area (Å²) in [5.41, 5.74) is 1.08. The molecule has 1 aromatic carbocycles. The molecule has 114 valence electrons. The number of hydrogen-bond acceptors (Lipinski definition) is 6. The Labute approximate surface area is 125 Å². The molecule has 0 spiro atoms. The summed E-state index contributed by atoms with van der Waals surface area (Å²) >= 11 is 0. The third kappa shape index (κ3) is 2.21. The molecule has 0 bridgehead atoms. The summed E-state index contributed by atoms with van der Waals surface area (Å²) in [7, 11) is 1.87. The summed E-state index contributed by atoms with van der Waals surface area (Å²) in [4.78, 5) is 6.33. The van der Waals surface area contributed by atoms with Crippen LogP contribution in [0.5, 0.6) is 0 Å². The molecule has 1 aliphatic rings. The molecule has 1 saturated heterocycles. The molecule has 8 heteroatoms. The molecule has 7 nitrogen and oxygen atoms in total. The van der Waals surface area contributed by atoms with Gasteiger partial charge in [0.05, 0.1) is 13.2 Å². The summed E-state index contributed by atoms with van der Waals surface area (Å²) in [6.07, 6.45) is 1.44. The summed E-state index contributed by atoms with van der Waals surface area (Å²) < 4.78 is 26.5. The Kier molecular flexibility index (Phi) is 3.04. The fourth-order valence-corrected chi connectivity index (χ4v) is 2.59. The van der Waals surface area contributed by atoms with Gasteiger partial charge in [-0.05, 0) is 12.1 Å². The average Bonchev–Trinajstić information content (AvgIpc) is 3.13. The lowest BCUT2D eigenvalue weighted by Crippen LogP contribution is -2.39. The van der Waals surface area contributed by atoms with Gasteiger partial charge in [0, 0.05) is 19.7 Å². The van der Waals surface area contributed by atoms with Crippen molar-refractivity contribution in [3.05, 3.63) is 36.2 Å². The first-order chi connectivity index (χ1) is 10.7. The van der Waals surface area contributed by atoms with Crippen LogP contribution in [0.25, 0.3) is 11.1 Å². The van der Waals surface area contributed by atoms with Gasteiger partial charge in [0.15, 0.2) is 11.4 Å². The topological polar surface area (TPSA) is 69.2 Å². The molecule has 1 atom stereocenters. The van der Waals surface area contributed by atoms with Gasteiger partial charge in [0.2, 0.25) is 0 Å². The van der Waals surface area contributed by atoms with Crippen LogP contribution in [0.4, 0.5) is 10.4 Å². The van der Waals surface area contributed by atoms with E-state index in [1.807, 2.05) is 16.5 Å². The highest BCUT2D eigenvalue weighted by molar-refractivity contribution is 5.74. The van der Waals surface area contributed by atoms with E-state index in [1.165, 1.54) is 12.1 Å². The van der Waals surface area contributed by atoms with Crippen molar-refractivity contribution >= 4 is 17.1 Å². The lowest BCUT2D eigenvalue weighted by atomic mass is 10.2. The van der Waals surface area contributed by atoms with Gasteiger partial charge in [0.1, 0.15) is 23.8 Å². The fraction of sp³-hybridized carbons (Fsp3) is 0.357. The van der Waals surface area contributed by atoms with Crippen LogP contribution in [-0.4, -0.2) is 39.4 Å². The standard InChI is InChI=1S/C14H14FN5O2/c1-19-8-16-18-13(19)12-7-20(4-5-21-12)14-17-10-6-9(15)2-3-11(10)22-14/h2-3,6,8,12H,4-5,7H2,1H3. The van der Waals surface area contributed by atoms with Crippen molar-refractivity contribution in [3.8, 4) is 0 Å². The maximum Gasteiger partial charge on any atom is 0.298 e. The van der Waals surface area contributed by atoms with Crippen LogP contribution in [0.15, 0.2) is 28.9 Å². The van der Waals surface area contributed by atoms with Gasteiger partial charge in [-0.25, -0.2) is 4.39 Å². The second-order valence-corrected chi connectivity index (χ2v) is 5.21. The van der Waals surface area contributed by atoms with Crippen LogP contribution < -0.4 is 4.90 Å². The predicted molar refractivity (Wildman–Crippen MR) is 75.9 cm³/mol. The first-order valence-corrected chi connectivity index (χ1v) is 6.97. The minimum atomic E-state index is -0.328. The zero-order valence-electron chi connectivity index (χ0n) is 11.9. The maximum atomic E-state index is 13.2. The van der Waals surface area contributed by atoms with E-state index < -0.39 is 0 Å². The molecule has 0 saturated carbocycles. The van der Waals surface area contributed by atoms with Gasteiger partial charge in [0.25, 0.3) is 6.01 Å². The highest BCUT2D eigenvalue weighted by Gasteiger charge is 2.28. The Bertz CT molecular complexity index is 815. The molecule has 22 heavy (non-hydrogen) atoms. The number of anilines is 1. The number of rotatable bonds is 2. The number of nitrogens with zero attached hydrogens (tertiary/aromatic N) is 5. The van der Waals surface area contributed by atoms with E-state index in [-0.39, 0.29) is 11.9 Å². The molecule has 0 aliphatic carbocycles. The maximum absolute atomic E-state index is 13.2. The molecular formula is C14H14FN5O2. The van der Waals surface area contributed by atoms with Gasteiger partial charge in [-0.3, -0.25) is 0 Å². The van der Waals surface area contributed by atoms with Crippen molar-refractivity contribution in [1.82, 2.24) is 19.7 Å². The Balaban J connectivity index is 1.62. The van der Waals surface area contributed by atoms with Crippen LogP contribution in [0.2, 0.25) is 0 Å². The van der Waals surface area contributed by atoms with Gasteiger partial charge in [-0.1, -0.05) is 0 Å². The van der Waals surface area contributed by atoms with E-state index in [9.17, 15) is 4.39 Å². The smallest absolute Gasteiger partial charge is 0.298 e. The van der Waals surface area contributed by atoms with Crippen LogP contribution in [0.1, 0.15) is 11.9 Å². The van der Waals surface area contributed by atoms with E-state index in [1.54, 1.807) is 12.4 Å². The normalized spacial score (nSPS) is 19.0. The zero-order chi connectivity index (χ0) is 15.1. The number of aromatic nitrogens is 4. The summed E-state index contributed by atoms with van der Waals surface area (Å²) in [6, 6.07) is 4.78. The number of ether oxygens (including phenoxy) is 1. The number of fused-ring (bicyclic) bond motifs is 1. The Morgan fingerprint density at radius 1 is 1.36 bits per heavy atom. The molecule has 0 amide bonds. The lowest BCUT2D eigenvalue weighted by Gasteiger charge is -2.31. The minimum absolute atomic E-state index is 0.201. The largest absolute Gasteiger partial charge is 0.423 e. The SMILES string of the molecule is Cn1cnnc1C1CN(c2nc3cc(F)ccc3o2)CCO1. The summed E-state index contributed by atoms with van der Waals surface area (Å²) in [5.74, 6) is 0.429. The fourth-order valence-electron chi connectivity index (χ4n) is 2.59. The molecule has 3 aromatic rings. The van der Waals surface area contributed by atoms with E-state index >= 15 is 0 Å². The van der Waals surface area contributed by atoms with E-state index in [2.05, 4.69) is 15.2 Å². The van der Waals surface area contributed by atoms with Crippen molar-refractivity contribution in [2.24, 2.45) is 7.05 Å². The predicted octanol–water partition coefficient (Wildman–Crippen LogP) is 1.67. The molecule has 3 heterocycles. The van der Waals surface area contributed by atoms with Gasteiger partial charge < -0.3 is 18.6 Å². The van der Waals surface area contributed by atoms with Crippen molar-refractivity contribution in [3.63, 3.8) is 0 Å².